The topological polar surface area (TPSA) is 41.6 Å². The Morgan fingerprint density at radius 1 is 1.24 bits per heavy atom. The number of hydrogen-bond donors (Lipinski definition) is 1. The van der Waals surface area contributed by atoms with Gasteiger partial charge in [-0.2, -0.15) is 0 Å². The molecule has 0 aliphatic carbocycles. The van der Waals surface area contributed by atoms with E-state index in [1.165, 1.54) is 19.3 Å². The van der Waals surface area contributed by atoms with Gasteiger partial charge < -0.3 is 10.1 Å². The van der Waals surface area contributed by atoms with E-state index in [9.17, 15) is 4.79 Å². The molecule has 1 atom stereocenters. The predicted molar refractivity (Wildman–Crippen MR) is 84.6 cm³/mol. The Morgan fingerprint density at radius 3 is 2.52 bits per heavy atom. The van der Waals surface area contributed by atoms with Crippen molar-refractivity contribution in [1.82, 2.24) is 10.2 Å². The van der Waals surface area contributed by atoms with E-state index < -0.39 is 0 Å². The zero-order chi connectivity index (χ0) is 15.1. The van der Waals surface area contributed by atoms with Gasteiger partial charge in [0.2, 0.25) is 5.91 Å². The van der Waals surface area contributed by atoms with Crippen molar-refractivity contribution >= 4 is 5.91 Å². The van der Waals surface area contributed by atoms with Crippen LogP contribution in [-0.2, 0) is 11.2 Å². The van der Waals surface area contributed by atoms with Crippen LogP contribution in [-0.4, -0.2) is 43.6 Å². The van der Waals surface area contributed by atoms with Crippen molar-refractivity contribution in [2.24, 2.45) is 0 Å². The number of benzene rings is 1. The second-order valence-corrected chi connectivity index (χ2v) is 5.77. The largest absolute Gasteiger partial charge is 0.497 e. The van der Waals surface area contributed by atoms with E-state index in [0.717, 1.165) is 30.9 Å². The van der Waals surface area contributed by atoms with Gasteiger partial charge in [0.05, 0.1) is 13.5 Å². The van der Waals surface area contributed by atoms with E-state index in [2.05, 4.69) is 17.1 Å². The summed E-state index contributed by atoms with van der Waals surface area (Å²) >= 11 is 0. The lowest BCUT2D eigenvalue weighted by atomic mass is 10.1. The van der Waals surface area contributed by atoms with Crippen molar-refractivity contribution in [2.75, 3.05) is 26.7 Å². The van der Waals surface area contributed by atoms with Crippen LogP contribution in [0.4, 0.5) is 0 Å². The molecule has 0 spiro atoms. The number of likely N-dealkylation sites (tertiary alicyclic amines) is 1. The molecule has 1 heterocycles. The highest BCUT2D eigenvalue weighted by Gasteiger charge is 2.17. The normalized spacial score (nSPS) is 17.2. The second kappa shape index (κ2) is 8.03. The lowest BCUT2D eigenvalue weighted by Crippen LogP contribution is -2.44. The van der Waals surface area contributed by atoms with Gasteiger partial charge >= 0.3 is 0 Å². The molecule has 1 N–H and O–H groups in total. The average molecular weight is 290 g/mol. The zero-order valence-electron chi connectivity index (χ0n) is 13.1. The van der Waals surface area contributed by atoms with Crippen LogP contribution in [0.15, 0.2) is 24.3 Å². The minimum absolute atomic E-state index is 0.0871. The van der Waals surface area contributed by atoms with Crippen LogP contribution >= 0.6 is 0 Å². The molecule has 4 nitrogen and oxygen atoms in total. The van der Waals surface area contributed by atoms with Gasteiger partial charge in [0.25, 0.3) is 0 Å². The fraction of sp³-hybridized carbons (Fsp3) is 0.588. The number of nitrogens with one attached hydrogen (secondary N) is 1. The maximum absolute atomic E-state index is 12.0. The summed E-state index contributed by atoms with van der Waals surface area (Å²) in [6.07, 6.45) is 4.33. The maximum atomic E-state index is 12.0. The van der Waals surface area contributed by atoms with Gasteiger partial charge in [0.15, 0.2) is 0 Å². The Morgan fingerprint density at radius 2 is 1.90 bits per heavy atom. The summed E-state index contributed by atoms with van der Waals surface area (Å²) in [5.41, 5.74) is 1.01. The molecule has 0 bridgehead atoms. The first-order valence-corrected chi connectivity index (χ1v) is 7.82. The standard InChI is InChI=1S/C17H26N2O2/c1-14(19-10-4-3-5-11-19)13-18-17(20)12-15-6-8-16(21-2)9-7-15/h6-9,14H,3-5,10-13H2,1-2H3,(H,18,20). The predicted octanol–water partition coefficient (Wildman–Crippen LogP) is 2.23. The molecule has 21 heavy (non-hydrogen) atoms. The fourth-order valence-corrected chi connectivity index (χ4v) is 2.74. The number of piperidine rings is 1. The third kappa shape index (κ3) is 5.05. The maximum Gasteiger partial charge on any atom is 0.224 e. The van der Waals surface area contributed by atoms with Crippen LogP contribution in [0.1, 0.15) is 31.7 Å². The quantitative estimate of drug-likeness (QED) is 0.873. The SMILES string of the molecule is COc1ccc(CC(=O)NCC(C)N2CCCCC2)cc1. The van der Waals surface area contributed by atoms with E-state index in [4.69, 9.17) is 4.74 Å². The molecule has 1 aliphatic rings. The smallest absolute Gasteiger partial charge is 0.224 e. The Kier molecular flexibility index (Phi) is 6.05. The molecule has 4 heteroatoms. The first kappa shape index (κ1) is 15.8. The molecule has 0 radical (unpaired) electrons. The number of carbonyl (C=O) groups is 1. The number of rotatable bonds is 6. The monoisotopic (exact) mass is 290 g/mol. The molecule has 0 saturated carbocycles. The van der Waals surface area contributed by atoms with Gasteiger partial charge in [0.1, 0.15) is 5.75 Å². The van der Waals surface area contributed by atoms with Gasteiger partial charge in [-0.15, -0.1) is 0 Å². The summed E-state index contributed by atoms with van der Waals surface area (Å²) in [6.45, 7) is 5.25. The fourth-order valence-electron chi connectivity index (χ4n) is 2.74. The highest BCUT2D eigenvalue weighted by Crippen LogP contribution is 2.12. The first-order chi connectivity index (χ1) is 10.2. The molecular formula is C17H26N2O2. The van der Waals surface area contributed by atoms with Gasteiger partial charge in [0, 0.05) is 12.6 Å². The van der Waals surface area contributed by atoms with Crippen molar-refractivity contribution < 1.29 is 9.53 Å². The van der Waals surface area contributed by atoms with E-state index in [0.29, 0.717) is 12.5 Å². The Balaban J connectivity index is 1.73. The van der Waals surface area contributed by atoms with Crippen LogP contribution in [0.5, 0.6) is 5.75 Å². The number of carbonyl (C=O) groups excluding carboxylic acids is 1. The Labute approximate surface area is 127 Å². The van der Waals surface area contributed by atoms with Crippen LogP contribution < -0.4 is 10.1 Å². The number of ether oxygens (including phenoxy) is 1. The summed E-state index contributed by atoms with van der Waals surface area (Å²) in [5, 5.41) is 3.04. The molecule has 1 aliphatic heterocycles. The lowest BCUT2D eigenvalue weighted by Gasteiger charge is -2.32. The number of nitrogens with zero attached hydrogens (tertiary/aromatic N) is 1. The molecule has 2 rings (SSSR count). The van der Waals surface area contributed by atoms with Crippen molar-refractivity contribution in [3.63, 3.8) is 0 Å². The zero-order valence-corrected chi connectivity index (χ0v) is 13.1. The Hall–Kier alpha value is -1.55. The van der Waals surface area contributed by atoms with Crippen LogP contribution in [0.25, 0.3) is 0 Å². The summed E-state index contributed by atoms with van der Waals surface area (Å²) in [4.78, 5) is 14.5. The molecule has 0 aromatic heterocycles. The van der Waals surface area contributed by atoms with Gasteiger partial charge in [-0.1, -0.05) is 18.6 Å². The summed E-state index contributed by atoms with van der Waals surface area (Å²) in [6, 6.07) is 8.07. The first-order valence-electron chi connectivity index (χ1n) is 7.82. The molecule has 1 unspecified atom stereocenters. The van der Waals surface area contributed by atoms with Crippen molar-refractivity contribution in [1.29, 1.82) is 0 Å². The summed E-state index contributed by atoms with van der Waals surface area (Å²) in [7, 11) is 1.64. The third-order valence-corrected chi connectivity index (χ3v) is 4.13. The average Bonchev–Trinajstić information content (AvgIpc) is 2.54. The molecule has 116 valence electrons. The lowest BCUT2D eigenvalue weighted by molar-refractivity contribution is -0.120. The molecule has 1 aromatic rings. The van der Waals surface area contributed by atoms with E-state index >= 15 is 0 Å². The number of amides is 1. The highest BCUT2D eigenvalue weighted by molar-refractivity contribution is 5.78. The highest BCUT2D eigenvalue weighted by atomic mass is 16.5. The van der Waals surface area contributed by atoms with Gasteiger partial charge in [-0.3, -0.25) is 9.69 Å². The summed E-state index contributed by atoms with van der Waals surface area (Å²) < 4.78 is 5.11. The Bertz CT molecular complexity index is 439. The van der Waals surface area contributed by atoms with E-state index in [-0.39, 0.29) is 5.91 Å². The van der Waals surface area contributed by atoms with Crippen LogP contribution in [0.2, 0.25) is 0 Å². The molecule has 1 amide bonds. The number of hydrogen-bond acceptors (Lipinski definition) is 3. The van der Waals surface area contributed by atoms with Crippen LogP contribution in [0, 0.1) is 0 Å². The summed E-state index contributed by atoms with van der Waals surface area (Å²) in [5.74, 6) is 0.905. The van der Waals surface area contributed by atoms with Crippen LogP contribution in [0.3, 0.4) is 0 Å². The van der Waals surface area contributed by atoms with E-state index in [1.54, 1.807) is 7.11 Å². The molecular weight excluding hydrogens is 264 g/mol. The minimum Gasteiger partial charge on any atom is -0.497 e. The molecule has 1 saturated heterocycles. The number of methoxy groups -OCH3 is 1. The van der Waals surface area contributed by atoms with Gasteiger partial charge in [-0.05, 0) is 50.6 Å². The third-order valence-electron chi connectivity index (χ3n) is 4.13. The van der Waals surface area contributed by atoms with E-state index in [1.807, 2.05) is 24.3 Å². The van der Waals surface area contributed by atoms with Gasteiger partial charge in [-0.25, -0.2) is 0 Å². The van der Waals surface area contributed by atoms with Crippen molar-refractivity contribution in [3.8, 4) is 5.75 Å². The van der Waals surface area contributed by atoms with Crippen molar-refractivity contribution in [2.45, 2.75) is 38.6 Å². The van der Waals surface area contributed by atoms with Crippen molar-refractivity contribution in [3.05, 3.63) is 29.8 Å². The second-order valence-electron chi connectivity index (χ2n) is 5.77. The molecule has 1 aromatic carbocycles. The minimum atomic E-state index is 0.0871. The molecule has 1 fully saturated rings.